The summed E-state index contributed by atoms with van der Waals surface area (Å²) in [5.74, 6) is 8.17. The van der Waals surface area contributed by atoms with Crippen LogP contribution in [0.4, 0.5) is 0 Å². The molecule has 2 radical (unpaired) electrons. The van der Waals surface area contributed by atoms with Gasteiger partial charge in [-0.2, -0.15) is 69.0 Å². The number of hydrogen-bond acceptors (Lipinski definition) is 48. The first-order valence-corrected chi connectivity index (χ1v) is 32.4. The van der Waals surface area contributed by atoms with E-state index in [1.54, 1.807) is 0 Å². The number of halogens is 6. The molecule has 84 heavy (non-hydrogen) atoms. The van der Waals surface area contributed by atoms with Crippen LogP contribution in [0.3, 0.4) is 0 Å². The average Bonchev–Trinajstić information content (AvgIpc) is 3.31. The quantitative estimate of drug-likeness (QED) is 0.0638. The summed E-state index contributed by atoms with van der Waals surface area (Å²) in [4.78, 5) is 0. The van der Waals surface area contributed by atoms with Gasteiger partial charge in [0.25, 0.3) is 0 Å². The minimum Gasteiger partial charge on any atom is -0.791 e. The maximum absolute atomic E-state index is 8.49. The molecule has 0 bridgehead atoms. The molecule has 0 heterocycles. The second-order valence-corrected chi connectivity index (χ2v) is 17.6. The van der Waals surface area contributed by atoms with Gasteiger partial charge in [0.1, 0.15) is 0 Å². The number of rotatable bonds is 12. The fourth-order valence-electron chi connectivity index (χ4n) is 0. The minimum atomic E-state index is -4.94. The van der Waals surface area contributed by atoms with E-state index >= 15 is 0 Å². The Kier molecular flexibility index (Phi) is 312. The molecule has 0 amide bonds. The smallest absolute Gasteiger partial charge is 0.791 e. The Labute approximate surface area is 636 Å². The molecule has 0 unspecified atom stereocenters. The zero-order valence-electron chi connectivity index (χ0n) is 43.0. The van der Waals surface area contributed by atoms with E-state index < -0.39 is 61.5 Å². The molecule has 0 atom stereocenters. The van der Waals surface area contributed by atoms with Gasteiger partial charge in [0.15, 0.2) is 0 Å². The van der Waals surface area contributed by atoms with Crippen molar-refractivity contribution in [2.75, 3.05) is 148 Å². The summed E-state index contributed by atoms with van der Waals surface area (Å²) in [7, 11) is -29.7. The first kappa shape index (κ1) is 165. The Hall–Kier alpha value is 7.62. The Morgan fingerprint density at radius 1 is 0.155 bits per heavy atom. The summed E-state index contributed by atoms with van der Waals surface area (Å²) in [6.45, 7) is 7.61. The van der Waals surface area contributed by atoms with Gasteiger partial charge >= 0.3 is 102 Å². The predicted octanol–water partition coefficient (Wildman–Crippen LogP) is -34.6. The number of hydrogen-bond donors (Lipinski definition) is 12. The van der Waals surface area contributed by atoms with E-state index in [-0.39, 0.29) is 102 Å². The van der Waals surface area contributed by atoms with E-state index in [9.17, 15) is 0 Å². The number of nitrogens with two attached hydrogens (primary N) is 12. The van der Waals surface area contributed by atoms with Gasteiger partial charge < -0.3 is 220 Å². The van der Waals surface area contributed by atoms with Crippen LogP contribution in [-0.4, -0.2) is 148 Å². The molecule has 0 fully saturated rings. The first-order chi connectivity index (χ1) is 35.0. The van der Waals surface area contributed by atoms with Gasteiger partial charge in [0, 0.05) is 0 Å². The third-order valence-electron chi connectivity index (χ3n) is 1.41. The van der Waals surface area contributed by atoms with E-state index in [0.29, 0.717) is 148 Å². The van der Waals surface area contributed by atoms with Crippen LogP contribution in [0.5, 0.6) is 0 Å². The average molecular weight is 1850 g/mol. The van der Waals surface area contributed by atoms with Crippen molar-refractivity contribution in [2.45, 2.75) is 0 Å². The zero-order valence-corrected chi connectivity index (χ0v) is 63.9. The third-order valence-corrected chi connectivity index (χ3v) is 4.24. The minimum absolute atomic E-state index is 0. The second kappa shape index (κ2) is 159. The molecule has 60 heteroatoms. The van der Waals surface area contributed by atoms with Gasteiger partial charge in [-0.3, -0.25) is 0 Å². The molecule has 0 aromatic carbocycles. The van der Waals surface area contributed by atoms with Crippen LogP contribution >= 0.6 is 0 Å². The van der Waals surface area contributed by atoms with Crippen LogP contribution in [0.15, 0.2) is 0 Å². The van der Waals surface area contributed by atoms with Gasteiger partial charge in [-0.25, -0.2) is 112 Å². The van der Waals surface area contributed by atoms with Crippen LogP contribution in [0.25, 0.3) is 0 Å². The van der Waals surface area contributed by atoms with Crippen LogP contribution in [0.1, 0.15) is 0 Å². The van der Waals surface area contributed by atoms with Crippen LogP contribution in [-0.2, 0) is 254 Å². The molecule has 0 aliphatic rings. The van der Waals surface area contributed by atoms with E-state index in [2.05, 4.69) is 152 Å². The van der Waals surface area contributed by atoms with Gasteiger partial charge in [-0.15, -0.1) is 61.5 Å². The van der Waals surface area contributed by atoms with Gasteiger partial charge in [0.05, 0.1) is 0 Å². The van der Waals surface area contributed by atoms with Crippen molar-refractivity contribution in [3.8, 4) is 0 Å². The molecule has 0 aliphatic carbocycles. The molecule has 0 aromatic heterocycles. The third kappa shape index (κ3) is 1830. The molecule has 24 N–H and O–H groups in total. The van der Waals surface area contributed by atoms with Crippen molar-refractivity contribution in [3.63, 3.8) is 0 Å². The molecule has 0 spiro atoms. The summed E-state index contributed by atoms with van der Waals surface area (Å²) in [6, 6.07) is 0. The summed E-state index contributed by atoms with van der Waals surface area (Å²) in [5.41, 5.74) is 59.1. The van der Waals surface area contributed by atoms with Crippen LogP contribution < -0.4 is 181 Å². The fourth-order valence-corrected chi connectivity index (χ4v) is 0. The molecular weight excluding hydrogens is 1770 g/mol. The molecule has 0 rings (SSSR count). The largest absolute Gasteiger partial charge is 6.00 e. The molecule has 0 saturated carbocycles. The Balaban J connectivity index is -0.0000000206. The molecule has 0 saturated heterocycles. The summed E-state index contributed by atoms with van der Waals surface area (Å²) >= 11 is 53.1. The van der Waals surface area contributed by atoms with E-state index in [4.69, 9.17) is 181 Å². The summed E-state index contributed by atoms with van der Waals surface area (Å²) in [6.07, 6.45) is 0. The standard InChI is InChI=1S/12C2H7NS.6ClHO4.6Fe/c12*3-1-2-4;6*2-1(3,4)5;;;;;;/h12*4H,1-3H2;6*(H,2,3,4,5);;;;;;/q;;;;;;;;;;;;;;;;;;2*+3;4*+6/p-18. The topological polar surface area (TPSA) is 866 Å². The Morgan fingerprint density at radius 2 is 0.167 bits per heavy atom. The van der Waals surface area contributed by atoms with Crippen molar-refractivity contribution in [2.24, 2.45) is 68.8 Å². The van der Waals surface area contributed by atoms with Gasteiger partial charge in [-0.05, 0) is 78.5 Å². The molecule has 0 aromatic rings. The van der Waals surface area contributed by atoms with E-state index in [0.717, 1.165) is 0 Å². The predicted molar refractivity (Wildman–Crippen MR) is 255 cm³/mol. The maximum Gasteiger partial charge on any atom is 6.00 e. The van der Waals surface area contributed by atoms with Crippen LogP contribution in [0, 0.1) is 61.5 Å². The Bertz CT molecular complexity index is 612. The summed E-state index contributed by atoms with van der Waals surface area (Å²) in [5, 5.41) is 0. The van der Waals surface area contributed by atoms with Crippen molar-refractivity contribution in [3.05, 3.63) is 0 Å². The monoisotopic (exact) mass is 1840 g/mol. The molecule has 0 aliphatic heterocycles. The zero-order chi connectivity index (χ0) is 68.0. The van der Waals surface area contributed by atoms with Crippen LogP contribution in [0.2, 0.25) is 0 Å². The second-order valence-electron chi connectivity index (χ2n) is 8.18. The van der Waals surface area contributed by atoms with E-state index in [1.807, 2.05) is 0 Å². The Morgan fingerprint density at radius 3 is 0.167 bits per heavy atom. The van der Waals surface area contributed by atoms with Crippen molar-refractivity contribution >= 4 is 152 Å². The van der Waals surface area contributed by atoms with Crippen molar-refractivity contribution in [1.29, 1.82) is 0 Å². The molecular formula is C24H72Cl6Fe6N12O24S12+12. The van der Waals surface area contributed by atoms with Crippen molar-refractivity contribution in [1.82, 2.24) is 0 Å². The van der Waals surface area contributed by atoms with Crippen molar-refractivity contribution < 1.29 is 276 Å². The van der Waals surface area contributed by atoms with E-state index in [1.165, 1.54) is 0 Å². The normalized spacial score (nSPS) is 8.57. The first-order valence-electron chi connectivity index (χ1n) is 18.1. The SMILES string of the molecule is NCC[S-].NCC[S-].NCC[S-].NCC[S-].NCC[S-].NCC[S-].NCC[S-].NCC[S-].NCC[S-].NCC[S-].NCC[S-].NCC[S-].[Fe+3].[Fe+3].[Fe+6].[Fe+6].[Fe+6].[Fe+6].[O-][Cl+3]([O-])([O-])[O-].[O-][Cl+3]([O-])([O-])[O-].[O-][Cl+3]([O-])([O-])[O-].[O-][Cl+3]([O-])([O-])[O-].[O-][Cl+3]([O-])([O-])[O-].[O-][Cl+3]([O-])([O-])[O-]. The molecule has 522 valence electrons. The molecule has 36 nitrogen and oxygen atoms in total. The van der Waals surface area contributed by atoms with Gasteiger partial charge in [-0.1, -0.05) is 0 Å². The summed E-state index contributed by atoms with van der Waals surface area (Å²) < 4.78 is 204. The maximum atomic E-state index is 8.49. The fraction of sp³-hybridized carbons (Fsp3) is 1.00. The van der Waals surface area contributed by atoms with Gasteiger partial charge in [0.2, 0.25) is 0 Å².